The lowest BCUT2D eigenvalue weighted by atomic mass is 9.96. The van der Waals surface area contributed by atoms with Crippen molar-refractivity contribution in [3.8, 4) is 0 Å². The van der Waals surface area contributed by atoms with Crippen LogP contribution in [0.1, 0.15) is 23.7 Å². The van der Waals surface area contributed by atoms with Crippen molar-refractivity contribution in [2.24, 2.45) is 5.92 Å². The molecule has 1 aliphatic heterocycles. The molecule has 1 aromatic carbocycles. The predicted molar refractivity (Wildman–Crippen MR) is 76.5 cm³/mol. The number of nitrogens with zero attached hydrogens (tertiary/aromatic N) is 2. The van der Waals surface area contributed by atoms with E-state index in [4.69, 9.17) is 0 Å². The molecule has 0 radical (unpaired) electrons. The zero-order valence-electron chi connectivity index (χ0n) is 11.8. The first-order valence-electron chi connectivity index (χ1n) is 6.73. The summed E-state index contributed by atoms with van der Waals surface area (Å²) < 4.78 is 0. The highest BCUT2D eigenvalue weighted by atomic mass is 16.3. The van der Waals surface area contributed by atoms with Crippen molar-refractivity contribution in [3.63, 3.8) is 0 Å². The van der Waals surface area contributed by atoms with Crippen LogP contribution in [-0.2, 0) is 0 Å². The van der Waals surface area contributed by atoms with Crippen molar-refractivity contribution in [3.05, 3.63) is 29.8 Å². The number of aliphatic hydroxyl groups excluding tert-OH is 1. The minimum atomic E-state index is -0.278. The summed E-state index contributed by atoms with van der Waals surface area (Å²) in [5, 5.41) is 9.70. The van der Waals surface area contributed by atoms with Gasteiger partial charge in [-0.05, 0) is 36.6 Å². The number of anilines is 1. The minimum absolute atomic E-state index is 0.0593. The van der Waals surface area contributed by atoms with Crippen molar-refractivity contribution in [1.29, 1.82) is 0 Å². The molecule has 19 heavy (non-hydrogen) atoms. The van der Waals surface area contributed by atoms with Gasteiger partial charge in [0.15, 0.2) is 0 Å². The third-order valence-electron chi connectivity index (χ3n) is 3.78. The summed E-state index contributed by atoms with van der Waals surface area (Å²) in [7, 11) is 3.95. The van der Waals surface area contributed by atoms with E-state index in [0.717, 1.165) is 5.69 Å². The molecule has 1 amide bonds. The maximum absolute atomic E-state index is 12.4. The van der Waals surface area contributed by atoms with E-state index in [0.29, 0.717) is 25.1 Å². The van der Waals surface area contributed by atoms with Crippen LogP contribution in [0.25, 0.3) is 0 Å². The molecule has 0 saturated carbocycles. The monoisotopic (exact) mass is 262 g/mol. The van der Waals surface area contributed by atoms with Gasteiger partial charge in [0.1, 0.15) is 0 Å². The summed E-state index contributed by atoms with van der Waals surface area (Å²) in [6.45, 7) is 3.26. The van der Waals surface area contributed by atoms with Crippen LogP contribution in [0.15, 0.2) is 24.3 Å². The van der Waals surface area contributed by atoms with Crippen molar-refractivity contribution in [1.82, 2.24) is 4.90 Å². The number of piperidine rings is 1. The first-order chi connectivity index (χ1) is 8.99. The van der Waals surface area contributed by atoms with Gasteiger partial charge in [0, 0.05) is 38.4 Å². The SMILES string of the molecule is CC1CN(C(=O)c2ccc(N(C)C)cc2)CCC1O. The van der Waals surface area contributed by atoms with Gasteiger partial charge in [-0.3, -0.25) is 4.79 Å². The maximum Gasteiger partial charge on any atom is 0.253 e. The molecule has 1 heterocycles. The molecule has 1 saturated heterocycles. The van der Waals surface area contributed by atoms with Gasteiger partial charge in [0.05, 0.1) is 6.10 Å². The fraction of sp³-hybridized carbons (Fsp3) is 0.533. The molecule has 1 N–H and O–H groups in total. The van der Waals surface area contributed by atoms with E-state index in [1.807, 2.05) is 55.1 Å². The van der Waals surface area contributed by atoms with Crippen LogP contribution in [0.5, 0.6) is 0 Å². The van der Waals surface area contributed by atoms with Gasteiger partial charge in [0.2, 0.25) is 0 Å². The lowest BCUT2D eigenvalue weighted by molar-refractivity contribution is 0.0297. The van der Waals surface area contributed by atoms with Gasteiger partial charge in [0.25, 0.3) is 5.91 Å². The fourth-order valence-electron chi connectivity index (χ4n) is 2.40. The normalized spacial score (nSPS) is 23.3. The zero-order valence-corrected chi connectivity index (χ0v) is 11.8. The molecule has 2 rings (SSSR count). The van der Waals surface area contributed by atoms with Gasteiger partial charge in [-0.1, -0.05) is 6.92 Å². The molecule has 0 aromatic heterocycles. The van der Waals surface area contributed by atoms with E-state index in [1.54, 1.807) is 0 Å². The molecular weight excluding hydrogens is 240 g/mol. The molecule has 4 heteroatoms. The summed E-state index contributed by atoms with van der Waals surface area (Å²) >= 11 is 0. The number of carbonyl (C=O) groups is 1. The summed E-state index contributed by atoms with van der Waals surface area (Å²) in [6, 6.07) is 7.64. The Hall–Kier alpha value is -1.55. The van der Waals surface area contributed by atoms with Gasteiger partial charge in [-0.2, -0.15) is 0 Å². The van der Waals surface area contributed by atoms with Gasteiger partial charge < -0.3 is 14.9 Å². The molecule has 0 bridgehead atoms. The molecular formula is C15H22N2O2. The Balaban J connectivity index is 2.07. The van der Waals surface area contributed by atoms with Crippen molar-refractivity contribution >= 4 is 11.6 Å². The number of likely N-dealkylation sites (tertiary alicyclic amines) is 1. The number of amides is 1. The van der Waals surface area contributed by atoms with E-state index in [1.165, 1.54) is 0 Å². The highest BCUT2D eigenvalue weighted by Crippen LogP contribution is 2.20. The van der Waals surface area contributed by atoms with Crippen LogP contribution in [0.4, 0.5) is 5.69 Å². The molecule has 0 aliphatic carbocycles. The Labute approximate surface area is 114 Å². The van der Waals surface area contributed by atoms with Crippen LogP contribution < -0.4 is 4.90 Å². The van der Waals surface area contributed by atoms with Crippen molar-refractivity contribution in [2.45, 2.75) is 19.4 Å². The summed E-state index contributed by atoms with van der Waals surface area (Å²) in [5.74, 6) is 0.211. The van der Waals surface area contributed by atoms with Gasteiger partial charge >= 0.3 is 0 Å². The number of aliphatic hydroxyl groups is 1. The third kappa shape index (κ3) is 3.07. The Bertz CT molecular complexity index is 442. The average molecular weight is 262 g/mol. The van der Waals surface area contributed by atoms with Crippen LogP contribution in [0.3, 0.4) is 0 Å². The third-order valence-corrected chi connectivity index (χ3v) is 3.78. The molecule has 104 valence electrons. The number of benzene rings is 1. The Morgan fingerprint density at radius 2 is 1.95 bits per heavy atom. The Morgan fingerprint density at radius 3 is 2.47 bits per heavy atom. The van der Waals surface area contributed by atoms with Gasteiger partial charge in [-0.15, -0.1) is 0 Å². The Kier molecular flexibility index (Phi) is 4.10. The number of hydrogen-bond donors (Lipinski definition) is 1. The summed E-state index contributed by atoms with van der Waals surface area (Å²) in [4.78, 5) is 16.2. The highest BCUT2D eigenvalue weighted by molar-refractivity contribution is 5.94. The summed E-state index contributed by atoms with van der Waals surface area (Å²) in [6.07, 6.45) is 0.392. The van der Waals surface area contributed by atoms with Gasteiger partial charge in [-0.25, -0.2) is 0 Å². The van der Waals surface area contributed by atoms with Crippen LogP contribution in [0, 0.1) is 5.92 Å². The van der Waals surface area contributed by atoms with Crippen LogP contribution in [0.2, 0.25) is 0 Å². The molecule has 1 fully saturated rings. The quantitative estimate of drug-likeness (QED) is 0.880. The molecule has 0 spiro atoms. The van der Waals surface area contributed by atoms with Crippen molar-refractivity contribution in [2.75, 3.05) is 32.1 Å². The second-order valence-corrected chi connectivity index (χ2v) is 5.53. The zero-order chi connectivity index (χ0) is 14.0. The molecule has 4 nitrogen and oxygen atoms in total. The standard InChI is InChI=1S/C15H22N2O2/c1-11-10-17(9-8-14(11)18)15(19)12-4-6-13(7-5-12)16(2)3/h4-7,11,14,18H,8-10H2,1-3H3. The summed E-state index contributed by atoms with van der Waals surface area (Å²) in [5.41, 5.74) is 1.80. The van der Waals surface area contributed by atoms with Crippen LogP contribution in [-0.4, -0.2) is 49.2 Å². The number of carbonyl (C=O) groups excluding carboxylic acids is 1. The lowest BCUT2D eigenvalue weighted by Crippen LogP contribution is -2.44. The van der Waals surface area contributed by atoms with E-state index in [-0.39, 0.29) is 17.9 Å². The maximum atomic E-state index is 12.4. The molecule has 2 unspecified atom stereocenters. The Morgan fingerprint density at radius 1 is 1.32 bits per heavy atom. The van der Waals surface area contributed by atoms with Crippen molar-refractivity contribution < 1.29 is 9.90 Å². The molecule has 2 atom stereocenters. The number of rotatable bonds is 2. The first-order valence-corrected chi connectivity index (χ1v) is 6.73. The van der Waals surface area contributed by atoms with Crippen LogP contribution >= 0.6 is 0 Å². The lowest BCUT2D eigenvalue weighted by Gasteiger charge is -2.34. The predicted octanol–water partition coefficient (Wildman–Crippen LogP) is 1.60. The van der Waals surface area contributed by atoms with E-state index in [9.17, 15) is 9.90 Å². The fourth-order valence-corrected chi connectivity index (χ4v) is 2.40. The molecule has 1 aliphatic rings. The average Bonchev–Trinajstić information content (AvgIpc) is 2.41. The number of hydrogen-bond acceptors (Lipinski definition) is 3. The second-order valence-electron chi connectivity index (χ2n) is 5.53. The minimum Gasteiger partial charge on any atom is -0.393 e. The highest BCUT2D eigenvalue weighted by Gasteiger charge is 2.27. The van der Waals surface area contributed by atoms with E-state index < -0.39 is 0 Å². The topological polar surface area (TPSA) is 43.8 Å². The molecule has 1 aromatic rings. The smallest absolute Gasteiger partial charge is 0.253 e. The largest absolute Gasteiger partial charge is 0.393 e. The first kappa shape index (κ1) is 13.9. The van der Waals surface area contributed by atoms with E-state index in [2.05, 4.69) is 0 Å². The second kappa shape index (κ2) is 5.61. The van der Waals surface area contributed by atoms with E-state index >= 15 is 0 Å².